The van der Waals surface area contributed by atoms with E-state index in [2.05, 4.69) is 4.74 Å². The average Bonchev–Trinajstić information content (AvgIpc) is 2.92. The molecule has 3 rings (SSSR count). The van der Waals surface area contributed by atoms with Crippen LogP contribution >= 0.6 is 11.6 Å². The van der Waals surface area contributed by atoms with Crippen LogP contribution in [0, 0.1) is 5.92 Å². The second-order valence-corrected chi connectivity index (χ2v) is 8.65. The molecule has 2 aromatic carbocycles. The zero-order chi connectivity index (χ0) is 26.8. The van der Waals surface area contributed by atoms with Crippen molar-refractivity contribution in [1.29, 1.82) is 0 Å². The number of carbonyl (C=O) groups is 3. The molecular formula is C23H24ClF3N4O5. The number of amides is 4. The summed E-state index contributed by atoms with van der Waals surface area (Å²) >= 11 is 6.27. The van der Waals surface area contributed by atoms with E-state index >= 15 is 0 Å². The maximum absolute atomic E-state index is 13.9. The number of para-hydroxylation sites is 1. The number of rotatable bonds is 6. The summed E-state index contributed by atoms with van der Waals surface area (Å²) in [5.41, 5.74) is 11.8. The van der Waals surface area contributed by atoms with E-state index < -0.39 is 55.2 Å². The van der Waals surface area contributed by atoms with Crippen LogP contribution < -0.4 is 21.1 Å². The van der Waals surface area contributed by atoms with E-state index in [1.54, 1.807) is 31.2 Å². The molecule has 0 aromatic heterocycles. The monoisotopic (exact) mass is 528 g/mol. The molecule has 5 N–H and O–H groups in total. The average molecular weight is 529 g/mol. The van der Waals surface area contributed by atoms with Crippen LogP contribution in [0.5, 0.6) is 5.75 Å². The summed E-state index contributed by atoms with van der Waals surface area (Å²) in [4.78, 5) is 40.9. The van der Waals surface area contributed by atoms with Gasteiger partial charge < -0.3 is 31.1 Å². The molecule has 36 heavy (non-hydrogen) atoms. The summed E-state index contributed by atoms with van der Waals surface area (Å²) in [5, 5.41) is 9.80. The van der Waals surface area contributed by atoms with Crippen LogP contribution in [0.25, 0.3) is 0 Å². The van der Waals surface area contributed by atoms with Crippen molar-refractivity contribution in [1.82, 2.24) is 4.90 Å². The number of ether oxygens (including phenoxy) is 1. The Morgan fingerprint density at radius 3 is 2.42 bits per heavy atom. The van der Waals surface area contributed by atoms with Crippen molar-refractivity contribution in [3.63, 3.8) is 0 Å². The Bertz CT molecular complexity index is 1160. The molecule has 2 aromatic rings. The van der Waals surface area contributed by atoms with Gasteiger partial charge >= 0.3 is 12.2 Å². The van der Waals surface area contributed by atoms with E-state index in [0.29, 0.717) is 11.3 Å². The Hall–Kier alpha value is -3.51. The van der Waals surface area contributed by atoms with Crippen molar-refractivity contribution in [2.75, 3.05) is 18.1 Å². The number of benzene rings is 2. The molecular weight excluding hydrogens is 505 g/mol. The lowest BCUT2D eigenvalue weighted by molar-refractivity contribution is -0.153. The number of aliphatic hydroxyl groups excluding tert-OH is 1. The summed E-state index contributed by atoms with van der Waals surface area (Å²) in [6.45, 7) is -0.721. The van der Waals surface area contributed by atoms with Crippen molar-refractivity contribution < 1.29 is 37.4 Å². The highest BCUT2D eigenvalue weighted by atomic mass is 35.5. The van der Waals surface area contributed by atoms with Gasteiger partial charge in [-0.1, -0.05) is 29.8 Å². The molecule has 1 unspecified atom stereocenters. The van der Waals surface area contributed by atoms with E-state index in [-0.39, 0.29) is 22.9 Å². The van der Waals surface area contributed by atoms with Gasteiger partial charge in [-0.25, -0.2) is 4.79 Å². The van der Waals surface area contributed by atoms with E-state index in [1.165, 1.54) is 15.9 Å². The van der Waals surface area contributed by atoms with Crippen LogP contribution in [0.3, 0.4) is 0 Å². The second kappa shape index (κ2) is 10.6. The molecule has 194 valence electrons. The summed E-state index contributed by atoms with van der Waals surface area (Å²) in [5.74, 6) is -3.17. The number of halogens is 4. The van der Waals surface area contributed by atoms with E-state index in [0.717, 1.165) is 12.1 Å². The smallest absolute Gasteiger partial charge is 0.422 e. The molecule has 0 aliphatic carbocycles. The van der Waals surface area contributed by atoms with Gasteiger partial charge in [0.05, 0.1) is 35.2 Å². The first-order chi connectivity index (χ1) is 16.9. The van der Waals surface area contributed by atoms with Gasteiger partial charge in [0, 0.05) is 12.2 Å². The zero-order valence-corrected chi connectivity index (χ0v) is 19.8. The van der Waals surface area contributed by atoms with Gasteiger partial charge in [0.25, 0.3) is 5.91 Å². The quantitative estimate of drug-likeness (QED) is 0.529. The maximum atomic E-state index is 13.9. The molecule has 9 nitrogen and oxygen atoms in total. The first-order valence-electron chi connectivity index (χ1n) is 10.7. The van der Waals surface area contributed by atoms with Gasteiger partial charge in [0.2, 0.25) is 5.91 Å². The minimum Gasteiger partial charge on any atom is -0.484 e. The molecule has 0 spiro atoms. The highest BCUT2D eigenvalue weighted by molar-refractivity contribution is 6.34. The highest BCUT2D eigenvalue weighted by Crippen LogP contribution is 2.36. The van der Waals surface area contributed by atoms with Crippen LogP contribution in [0.2, 0.25) is 5.02 Å². The zero-order valence-electron chi connectivity index (χ0n) is 19.0. The normalized spacial score (nSPS) is 18.7. The van der Waals surface area contributed by atoms with Gasteiger partial charge in [0.15, 0.2) is 6.61 Å². The summed E-state index contributed by atoms with van der Waals surface area (Å²) in [6, 6.07) is 7.12. The van der Waals surface area contributed by atoms with E-state index in [4.69, 9.17) is 23.1 Å². The van der Waals surface area contributed by atoms with Crippen LogP contribution in [0.1, 0.15) is 22.8 Å². The molecule has 13 heteroatoms. The highest BCUT2D eigenvalue weighted by Gasteiger charge is 2.45. The molecule has 0 saturated heterocycles. The number of aliphatic hydroxyl groups is 1. The fraction of sp³-hybridized carbons (Fsp3) is 0.348. The number of nitrogens with zero attached hydrogens (tertiary/aromatic N) is 2. The lowest BCUT2D eigenvalue weighted by Gasteiger charge is -2.40. The predicted octanol–water partition coefficient (Wildman–Crippen LogP) is 2.67. The van der Waals surface area contributed by atoms with Gasteiger partial charge in [-0.2, -0.15) is 13.2 Å². The van der Waals surface area contributed by atoms with Crippen LogP contribution in [-0.2, 0) is 11.3 Å². The Kier molecular flexibility index (Phi) is 7.99. The minimum atomic E-state index is -4.57. The number of fused-ring (bicyclic) bond motifs is 1. The predicted molar refractivity (Wildman–Crippen MR) is 124 cm³/mol. The van der Waals surface area contributed by atoms with Crippen LogP contribution in [0.4, 0.5) is 23.7 Å². The van der Waals surface area contributed by atoms with Crippen LogP contribution in [0.15, 0.2) is 42.5 Å². The SMILES string of the molecule is CC1[C@@H]([C@H](CO)C(N)=O)N(C(=O)c2ccc(OCC(F)(F)F)cc2Cl)c2ccccc2CN1C(N)=O. The van der Waals surface area contributed by atoms with Crippen molar-refractivity contribution in [3.05, 3.63) is 58.6 Å². The van der Waals surface area contributed by atoms with Gasteiger partial charge in [-0.3, -0.25) is 9.59 Å². The number of anilines is 1. The molecule has 0 fully saturated rings. The van der Waals surface area contributed by atoms with Crippen molar-refractivity contribution in [2.45, 2.75) is 31.7 Å². The lowest BCUT2D eigenvalue weighted by Crippen LogP contribution is -2.59. The van der Waals surface area contributed by atoms with Crippen LogP contribution in [-0.4, -0.2) is 59.3 Å². The van der Waals surface area contributed by atoms with Crippen molar-refractivity contribution >= 4 is 35.1 Å². The number of hydrogen-bond acceptors (Lipinski definition) is 5. The first-order valence-corrected chi connectivity index (χ1v) is 11.1. The Labute approximate surface area is 209 Å². The molecule has 0 radical (unpaired) electrons. The number of hydrogen-bond donors (Lipinski definition) is 3. The molecule has 1 aliphatic heterocycles. The topological polar surface area (TPSA) is 139 Å². The third-order valence-corrected chi connectivity index (χ3v) is 6.24. The van der Waals surface area contributed by atoms with Crippen molar-refractivity contribution in [2.24, 2.45) is 17.4 Å². The standard InChI is InChI=1S/C23H24ClF3N4O5/c1-12-19(16(10-32)20(28)33)31(18-5-3-2-4-13(18)9-30(12)22(29)35)21(34)15-7-6-14(8-17(15)24)36-11-23(25,26)27/h2-8,12,16,19,32H,9-11H2,1H3,(H2,28,33)(H2,29,35)/t12?,16-,19-/m0/s1. The fourth-order valence-electron chi connectivity index (χ4n) is 4.23. The van der Waals surface area contributed by atoms with Crippen molar-refractivity contribution in [3.8, 4) is 5.75 Å². The minimum absolute atomic E-state index is 0.00180. The van der Waals surface area contributed by atoms with E-state index in [9.17, 15) is 32.7 Å². The summed E-state index contributed by atoms with van der Waals surface area (Å²) in [6.07, 6.45) is -4.57. The van der Waals surface area contributed by atoms with Gasteiger partial charge in [-0.15, -0.1) is 0 Å². The molecule has 3 atom stereocenters. The third kappa shape index (κ3) is 5.65. The fourth-order valence-corrected chi connectivity index (χ4v) is 4.48. The third-order valence-electron chi connectivity index (χ3n) is 5.93. The number of urea groups is 1. The Morgan fingerprint density at radius 1 is 1.19 bits per heavy atom. The lowest BCUT2D eigenvalue weighted by atomic mass is 9.90. The first kappa shape index (κ1) is 27.1. The summed E-state index contributed by atoms with van der Waals surface area (Å²) < 4.78 is 42.2. The largest absolute Gasteiger partial charge is 0.484 e. The van der Waals surface area contributed by atoms with E-state index in [1.807, 2.05) is 0 Å². The number of primary amides is 2. The molecule has 0 bridgehead atoms. The number of carbonyl (C=O) groups excluding carboxylic acids is 3. The second-order valence-electron chi connectivity index (χ2n) is 8.24. The van der Waals surface area contributed by atoms with Gasteiger partial charge in [-0.05, 0) is 36.8 Å². The summed E-state index contributed by atoms with van der Waals surface area (Å²) in [7, 11) is 0. The Balaban J connectivity index is 2.14. The molecule has 0 saturated carbocycles. The molecule has 1 heterocycles. The number of nitrogens with two attached hydrogens (primary N) is 2. The Morgan fingerprint density at radius 2 is 1.86 bits per heavy atom. The van der Waals surface area contributed by atoms with Gasteiger partial charge in [0.1, 0.15) is 5.75 Å². The molecule has 1 aliphatic rings. The molecule has 4 amide bonds. The number of alkyl halides is 3. The maximum Gasteiger partial charge on any atom is 0.422 e.